The maximum Gasteiger partial charge on any atom is 0.271 e. The molecule has 0 spiro atoms. The molecule has 19 heavy (non-hydrogen) atoms. The summed E-state index contributed by atoms with van der Waals surface area (Å²) in [6.45, 7) is 4.17. The maximum atomic E-state index is 12.2. The van der Waals surface area contributed by atoms with Gasteiger partial charge in [-0.05, 0) is 37.7 Å². The summed E-state index contributed by atoms with van der Waals surface area (Å²) in [7, 11) is 0. The van der Waals surface area contributed by atoms with Crippen molar-refractivity contribution < 1.29 is 4.79 Å². The molecule has 3 N–H and O–H groups in total. The van der Waals surface area contributed by atoms with Gasteiger partial charge in [-0.2, -0.15) is 5.10 Å². The molecule has 3 heterocycles. The molecule has 2 atom stereocenters. The van der Waals surface area contributed by atoms with Gasteiger partial charge < -0.3 is 10.6 Å². The molecule has 0 aromatic carbocycles. The van der Waals surface area contributed by atoms with Crippen LogP contribution in [0.2, 0.25) is 0 Å². The Kier molecular flexibility index (Phi) is 3.31. The van der Waals surface area contributed by atoms with E-state index < -0.39 is 0 Å². The summed E-state index contributed by atoms with van der Waals surface area (Å²) in [6.07, 6.45) is 4.58. The van der Waals surface area contributed by atoms with Gasteiger partial charge in [0.25, 0.3) is 5.91 Å². The van der Waals surface area contributed by atoms with Crippen LogP contribution in [-0.2, 0) is 0 Å². The fourth-order valence-corrected chi connectivity index (χ4v) is 3.18. The first-order chi connectivity index (χ1) is 9.11. The molecule has 1 aromatic heterocycles. The number of amides is 1. The lowest BCUT2D eigenvalue weighted by Crippen LogP contribution is -2.48. The van der Waals surface area contributed by atoms with Crippen LogP contribution in [0.5, 0.6) is 0 Å². The van der Waals surface area contributed by atoms with E-state index in [1.54, 1.807) is 0 Å². The molecule has 2 bridgehead atoms. The van der Waals surface area contributed by atoms with Crippen LogP contribution in [0.25, 0.3) is 0 Å². The van der Waals surface area contributed by atoms with Crippen molar-refractivity contribution in [2.75, 3.05) is 0 Å². The number of carbonyl (C=O) groups excluding carboxylic acids is 1. The number of carbonyl (C=O) groups is 1. The van der Waals surface area contributed by atoms with E-state index in [0.717, 1.165) is 18.5 Å². The highest BCUT2D eigenvalue weighted by molar-refractivity contribution is 5.92. The normalized spacial score (nSPS) is 29.7. The van der Waals surface area contributed by atoms with E-state index in [9.17, 15) is 4.79 Å². The summed E-state index contributed by atoms with van der Waals surface area (Å²) in [4.78, 5) is 12.2. The molecule has 0 aliphatic carbocycles. The van der Waals surface area contributed by atoms with E-state index in [0.29, 0.717) is 29.7 Å². The predicted octanol–water partition coefficient (Wildman–Crippen LogP) is 1.55. The van der Waals surface area contributed by atoms with Gasteiger partial charge in [-0.3, -0.25) is 9.89 Å². The summed E-state index contributed by atoms with van der Waals surface area (Å²) in [5, 5.41) is 13.7. The molecule has 5 nitrogen and oxygen atoms in total. The minimum Gasteiger partial charge on any atom is -0.348 e. The number of hydrogen-bond acceptors (Lipinski definition) is 3. The van der Waals surface area contributed by atoms with Crippen LogP contribution in [0.4, 0.5) is 0 Å². The van der Waals surface area contributed by atoms with Crippen LogP contribution in [-0.4, -0.2) is 34.2 Å². The number of hydrogen-bond donors (Lipinski definition) is 3. The number of aromatic nitrogens is 2. The van der Waals surface area contributed by atoms with E-state index in [-0.39, 0.29) is 5.91 Å². The fourth-order valence-electron chi connectivity index (χ4n) is 3.18. The Hall–Kier alpha value is -1.36. The summed E-state index contributed by atoms with van der Waals surface area (Å²) in [5.41, 5.74) is 1.52. The smallest absolute Gasteiger partial charge is 0.271 e. The minimum absolute atomic E-state index is 0.0468. The molecule has 0 saturated carbocycles. The zero-order valence-electron chi connectivity index (χ0n) is 11.6. The highest BCUT2D eigenvalue weighted by atomic mass is 16.2. The van der Waals surface area contributed by atoms with Crippen molar-refractivity contribution in [3.63, 3.8) is 0 Å². The Morgan fingerprint density at radius 3 is 2.63 bits per heavy atom. The van der Waals surface area contributed by atoms with Gasteiger partial charge >= 0.3 is 0 Å². The van der Waals surface area contributed by atoms with Crippen molar-refractivity contribution in [1.82, 2.24) is 20.8 Å². The number of piperidine rings is 1. The maximum absolute atomic E-state index is 12.2. The molecular formula is C14H22N4O. The van der Waals surface area contributed by atoms with Gasteiger partial charge in [0.2, 0.25) is 0 Å². The molecule has 0 radical (unpaired) electrons. The van der Waals surface area contributed by atoms with Gasteiger partial charge in [0, 0.05) is 23.8 Å². The second-order valence-electron chi connectivity index (χ2n) is 6.14. The first-order valence-electron chi connectivity index (χ1n) is 7.24. The Balaban J connectivity index is 1.61. The third-order valence-corrected chi connectivity index (χ3v) is 4.26. The quantitative estimate of drug-likeness (QED) is 0.774. The highest BCUT2D eigenvalue weighted by Crippen LogP contribution is 2.26. The Labute approximate surface area is 113 Å². The fraction of sp³-hybridized carbons (Fsp3) is 0.714. The summed E-state index contributed by atoms with van der Waals surface area (Å²) in [6, 6.07) is 3.34. The molecular weight excluding hydrogens is 240 g/mol. The monoisotopic (exact) mass is 262 g/mol. The zero-order chi connectivity index (χ0) is 13.4. The van der Waals surface area contributed by atoms with Crippen LogP contribution in [0.15, 0.2) is 6.07 Å². The first kappa shape index (κ1) is 12.7. The standard InChI is InChI=1S/C14H22N4O/c1-8(2)12-7-13(18-17-12)14(19)16-11-5-9-3-4-10(6-11)15-9/h7-11,15H,3-6H2,1-2H3,(H,16,19)(H,17,18). The van der Waals surface area contributed by atoms with Crippen LogP contribution < -0.4 is 10.6 Å². The first-order valence-corrected chi connectivity index (χ1v) is 7.24. The third-order valence-electron chi connectivity index (χ3n) is 4.26. The molecule has 2 aliphatic rings. The second kappa shape index (κ2) is 4.96. The van der Waals surface area contributed by atoms with Crippen LogP contribution in [0.3, 0.4) is 0 Å². The summed E-state index contributed by atoms with van der Waals surface area (Å²) >= 11 is 0. The summed E-state index contributed by atoms with van der Waals surface area (Å²) < 4.78 is 0. The lowest BCUT2D eigenvalue weighted by Gasteiger charge is -2.29. The van der Waals surface area contributed by atoms with Crippen LogP contribution in [0.1, 0.15) is 61.6 Å². The van der Waals surface area contributed by atoms with E-state index in [2.05, 4.69) is 34.7 Å². The van der Waals surface area contributed by atoms with E-state index in [4.69, 9.17) is 0 Å². The largest absolute Gasteiger partial charge is 0.348 e. The van der Waals surface area contributed by atoms with Gasteiger partial charge in [-0.25, -0.2) is 0 Å². The van der Waals surface area contributed by atoms with Gasteiger partial charge in [0.05, 0.1) is 0 Å². The van der Waals surface area contributed by atoms with Crippen molar-refractivity contribution in [3.05, 3.63) is 17.5 Å². The molecule has 1 amide bonds. The van der Waals surface area contributed by atoms with E-state index >= 15 is 0 Å². The SMILES string of the molecule is CC(C)c1cc(C(=O)NC2CC3CCC(C2)N3)n[nH]1. The van der Waals surface area contributed by atoms with Crippen LogP contribution >= 0.6 is 0 Å². The van der Waals surface area contributed by atoms with Crippen molar-refractivity contribution >= 4 is 5.91 Å². The van der Waals surface area contributed by atoms with Crippen molar-refractivity contribution in [1.29, 1.82) is 0 Å². The number of H-pyrrole nitrogens is 1. The van der Waals surface area contributed by atoms with Gasteiger partial charge in [-0.15, -0.1) is 0 Å². The van der Waals surface area contributed by atoms with Crippen molar-refractivity contribution in [2.45, 2.75) is 63.6 Å². The molecule has 104 valence electrons. The number of nitrogens with zero attached hydrogens (tertiary/aromatic N) is 1. The Bertz CT molecular complexity index is 456. The molecule has 5 heteroatoms. The molecule has 2 unspecified atom stereocenters. The average molecular weight is 262 g/mol. The van der Waals surface area contributed by atoms with E-state index in [1.807, 2.05) is 6.07 Å². The van der Waals surface area contributed by atoms with Gasteiger partial charge in [0.1, 0.15) is 5.69 Å². The lowest BCUT2D eigenvalue weighted by molar-refractivity contribution is 0.0919. The van der Waals surface area contributed by atoms with Crippen molar-refractivity contribution in [2.24, 2.45) is 0 Å². The zero-order valence-corrected chi connectivity index (χ0v) is 11.6. The number of nitrogens with one attached hydrogen (secondary N) is 3. The number of fused-ring (bicyclic) bond motifs is 2. The second-order valence-corrected chi connectivity index (χ2v) is 6.14. The molecule has 2 aliphatic heterocycles. The highest BCUT2D eigenvalue weighted by Gasteiger charge is 2.34. The molecule has 2 saturated heterocycles. The predicted molar refractivity (Wildman–Crippen MR) is 73.1 cm³/mol. The van der Waals surface area contributed by atoms with Crippen molar-refractivity contribution in [3.8, 4) is 0 Å². The molecule has 1 aromatic rings. The Morgan fingerprint density at radius 2 is 2.05 bits per heavy atom. The lowest BCUT2D eigenvalue weighted by atomic mass is 10.00. The Morgan fingerprint density at radius 1 is 1.37 bits per heavy atom. The number of rotatable bonds is 3. The summed E-state index contributed by atoms with van der Waals surface area (Å²) in [5.74, 6) is 0.318. The minimum atomic E-state index is -0.0468. The van der Waals surface area contributed by atoms with Crippen LogP contribution in [0, 0.1) is 0 Å². The topological polar surface area (TPSA) is 69.8 Å². The van der Waals surface area contributed by atoms with E-state index in [1.165, 1.54) is 12.8 Å². The average Bonchev–Trinajstić information content (AvgIpc) is 2.96. The number of aromatic amines is 1. The molecule has 2 fully saturated rings. The molecule has 3 rings (SSSR count). The third kappa shape index (κ3) is 2.66. The van der Waals surface area contributed by atoms with Gasteiger partial charge in [0.15, 0.2) is 0 Å². The van der Waals surface area contributed by atoms with Gasteiger partial charge in [-0.1, -0.05) is 13.8 Å².